The predicted octanol–water partition coefficient (Wildman–Crippen LogP) is -1.04. The average Bonchev–Trinajstić information content (AvgIpc) is 2.97. The van der Waals surface area contributed by atoms with Gasteiger partial charge in [0.1, 0.15) is 18.9 Å². The van der Waals surface area contributed by atoms with Crippen LogP contribution in [0.2, 0.25) is 0 Å². The van der Waals surface area contributed by atoms with Gasteiger partial charge in [0, 0.05) is 38.6 Å². The van der Waals surface area contributed by atoms with Crippen LogP contribution in [0.5, 0.6) is 0 Å². The number of rotatable bonds is 6. The van der Waals surface area contributed by atoms with Crippen LogP contribution in [0.4, 0.5) is 0 Å². The summed E-state index contributed by atoms with van der Waals surface area (Å²) in [7, 11) is 0. The van der Waals surface area contributed by atoms with Gasteiger partial charge in [-0.3, -0.25) is 0 Å². The van der Waals surface area contributed by atoms with E-state index in [1.807, 2.05) is 12.5 Å². The van der Waals surface area contributed by atoms with Crippen molar-refractivity contribution in [1.82, 2.24) is 24.3 Å². The lowest BCUT2D eigenvalue weighted by molar-refractivity contribution is -0.165. The number of aromatic nitrogens is 2. The van der Waals surface area contributed by atoms with Crippen molar-refractivity contribution in [1.29, 1.82) is 0 Å². The summed E-state index contributed by atoms with van der Waals surface area (Å²) < 4.78 is 2.06. The lowest BCUT2D eigenvalue weighted by atomic mass is 10.3. The van der Waals surface area contributed by atoms with Crippen molar-refractivity contribution in [2.75, 3.05) is 19.6 Å². The molecule has 0 amide bonds. The molecule has 0 saturated carbocycles. The number of imidazole rings is 1. The molecule has 2 rings (SSSR count). The van der Waals surface area contributed by atoms with E-state index in [1.54, 1.807) is 6.20 Å². The van der Waals surface area contributed by atoms with Gasteiger partial charge in [0.15, 0.2) is 0 Å². The highest BCUT2D eigenvalue weighted by atomic mass is 15.6. The summed E-state index contributed by atoms with van der Waals surface area (Å²) >= 11 is 0. The van der Waals surface area contributed by atoms with Crippen molar-refractivity contribution in [3.8, 4) is 0 Å². The highest BCUT2D eigenvalue weighted by molar-refractivity contribution is 4.84. The van der Waals surface area contributed by atoms with Gasteiger partial charge in [-0.2, -0.15) is 0 Å². The molecule has 1 aliphatic rings. The van der Waals surface area contributed by atoms with E-state index < -0.39 is 0 Å². The monoisotopic (exact) mass is 296 g/mol. The van der Waals surface area contributed by atoms with Crippen LogP contribution in [0.25, 0.3) is 0 Å². The summed E-state index contributed by atoms with van der Waals surface area (Å²) in [5.74, 6) is 0. The maximum atomic E-state index is 6.34. The van der Waals surface area contributed by atoms with Gasteiger partial charge in [0.05, 0.1) is 6.33 Å². The number of nitrogens with two attached hydrogens (primary N) is 3. The van der Waals surface area contributed by atoms with E-state index in [2.05, 4.69) is 38.1 Å². The average molecular weight is 296 g/mol. The van der Waals surface area contributed by atoms with Crippen molar-refractivity contribution in [2.45, 2.75) is 45.7 Å². The summed E-state index contributed by atoms with van der Waals surface area (Å²) in [5.41, 5.74) is 18.9. The molecule has 1 fully saturated rings. The molecule has 1 saturated heterocycles. The Morgan fingerprint density at radius 3 is 1.95 bits per heavy atom. The summed E-state index contributed by atoms with van der Waals surface area (Å²) in [4.78, 5) is 10.3. The molecule has 0 spiro atoms. The smallest absolute Gasteiger partial charge is 0.119 e. The lowest BCUT2D eigenvalue weighted by Crippen LogP contribution is -2.77. The molecule has 2 atom stereocenters. The van der Waals surface area contributed by atoms with E-state index in [0.717, 1.165) is 32.6 Å². The number of aryl methyl sites for hydroxylation is 1. The molecule has 8 nitrogen and oxygen atoms in total. The fourth-order valence-corrected chi connectivity index (χ4v) is 2.91. The molecule has 1 aromatic heterocycles. The topological polar surface area (TPSA) is 106 Å². The Labute approximate surface area is 126 Å². The van der Waals surface area contributed by atoms with Crippen LogP contribution in [0, 0.1) is 0 Å². The molecule has 2 heterocycles. The molecule has 6 N–H and O–H groups in total. The molecule has 0 aliphatic carbocycles. The van der Waals surface area contributed by atoms with E-state index in [0.29, 0.717) is 0 Å². The summed E-state index contributed by atoms with van der Waals surface area (Å²) in [6, 6.07) is 0. The normalized spacial score (nSPS) is 29.1. The third kappa shape index (κ3) is 3.42. The fraction of sp³-hybridized carbons (Fsp3) is 0.769. The van der Waals surface area contributed by atoms with Crippen LogP contribution >= 0.6 is 0 Å². The zero-order valence-corrected chi connectivity index (χ0v) is 13.0. The minimum atomic E-state index is -0.245. The van der Waals surface area contributed by atoms with E-state index in [9.17, 15) is 0 Å². The zero-order chi connectivity index (χ0) is 15.4. The molecule has 8 heteroatoms. The van der Waals surface area contributed by atoms with E-state index >= 15 is 0 Å². The summed E-state index contributed by atoms with van der Waals surface area (Å²) in [6.07, 6.45) is 5.81. The largest absolute Gasteiger partial charge is 0.337 e. The molecule has 0 aromatic carbocycles. The second-order valence-corrected chi connectivity index (χ2v) is 5.29. The molecule has 0 radical (unpaired) electrons. The first-order valence-electron chi connectivity index (χ1n) is 7.59. The van der Waals surface area contributed by atoms with Crippen molar-refractivity contribution in [3.05, 3.63) is 18.7 Å². The highest BCUT2D eigenvalue weighted by Crippen LogP contribution is 2.18. The number of nitrogens with zero attached hydrogens (tertiary/aromatic N) is 5. The Balaban J connectivity index is 1.98. The first kappa shape index (κ1) is 16.3. The van der Waals surface area contributed by atoms with Gasteiger partial charge < -0.3 is 21.8 Å². The highest BCUT2D eigenvalue weighted by Gasteiger charge is 2.39. The lowest BCUT2D eigenvalue weighted by Gasteiger charge is -2.53. The molecule has 21 heavy (non-hydrogen) atoms. The quantitative estimate of drug-likeness (QED) is 0.615. The van der Waals surface area contributed by atoms with Gasteiger partial charge in [-0.05, 0) is 6.42 Å². The maximum Gasteiger partial charge on any atom is 0.119 e. The third-order valence-electron chi connectivity index (χ3n) is 4.16. The van der Waals surface area contributed by atoms with E-state index in [4.69, 9.17) is 17.2 Å². The van der Waals surface area contributed by atoms with Crippen molar-refractivity contribution in [2.24, 2.45) is 17.2 Å². The molecule has 1 aliphatic heterocycles. The van der Waals surface area contributed by atoms with Crippen molar-refractivity contribution < 1.29 is 0 Å². The van der Waals surface area contributed by atoms with Gasteiger partial charge in [-0.1, -0.05) is 13.8 Å². The van der Waals surface area contributed by atoms with Gasteiger partial charge in [-0.15, -0.1) is 0 Å². The van der Waals surface area contributed by atoms with E-state index in [1.165, 1.54) is 0 Å². The Morgan fingerprint density at radius 1 is 0.905 bits per heavy atom. The second-order valence-electron chi connectivity index (χ2n) is 5.29. The van der Waals surface area contributed by atoms with Gasteiger partial charge in [-0.25, -0.2) is 19.7 Å². The molecule has 2 unspecified atom stereocenters. The number of hydrogen-bond donors (Lipinski definition) is 3. The molecule has 120 valence electrons. The number of hydrogen-bond acceptors (Lipinski definition) is 7. The van der Waals surface area contributed by atoms with Crippen LogP contribution in [-0.4, -0.2) is 62.8 Å². The van der Waals surface area contributed by atoms with Crippen molar-refractivity contribution in [3.63, 3.8) is 0 Å². The van der Waals surface area contributed by atoms with Crippen LogP contribution in [0.3, 0.4) is 0 Å². The molecular weight excluding hydrogens is 268 g/mol. The van der Waals surface area contributed by atoms with Gasteiger partial charge in [0.2, 0.25) is 0 Å². The van der Waals surface area contributed by atoms with Crippen molar-refractivity contribution >= 4 is 0 Å². The first-order valence-corrected chi connectivity index (χ1v) is 7.59. The SMILES string of the molecule is CCN1C(N)N(CC)C(N)N(CCCn2ccnc2)C1N. The minimum absolute atomic E-state index is 0.227. The molecular formula is C13H28N8. The van der Waals surface area contributed by atoms with Gasteiger partial charge in [0.25, 0.3) is 0 Å². The summed E-state index contributed by atoms with van der Waals surface area (Å²) in [5, 5.41) is 0. The van der Waals surface area contributed by atoms with Crippen LogP contribution in [0.1, 0.15) is 20.3 Å². The fourth-order valence-electron chi connectivity index (χ4n) is 2.91. The maximum absolute atomic E-state index is 6.34. The first-order chi connectivity index (χ1) is 10.1. The van der Waals surface area contributed by atoms with Crippen LogP contribution < -0.4 is 17.2 Å². The minimum Gasteiger partial charge on any atom is -0.337 e. The standard InChI is InChI=1S/C13H28N8/c1-3-19-11(14)20(4-2)13(16)21(12(19)15)8-5-7-18-9-6-17-10-18/h6,9-13H,3-5,7-8,14-16H2,1-2H3. The Morgan fingerprint density at radius 2 is 1.48 bits per heavy atom. The van der Waals surface area contributed by atoms with Crippen LogP contribution in [-0.2, 0) is 6.54 Å². The van der Waals surface area contributed by atoms with Crippen LogP contribution in [0.15, 0.2) is 18.7 Å². The molecule has 0 bridgehead atoms. The zero-order valence-electron chi connectivity index (χ0n) is 13.0. The second kappa shape index (κ2) is 7.30. The van der Waals surface area contributed by atoms with Gasteiger partial charge >= 0.3 is 0 Å². The van der Waals surface area contributed by atoms with E-state index in [-0.39, 0.29) is 18.9 Å². The molecule has 1 aromatic rings. The Bertz CT molecular complexity index is 390. The third-order valence-corrected chi connectivity index (χ3v) is 4.16. The Hall–Kier alpha value is -1.03. The Kier molecular flexibility index (Phi) is 5.68. The summed E-state index contributed by atoms with van der Waals surface area (Å²) in [6.45, 7) is 7.44. The predicted molar refractivity (Wildman–Crippen MR) is 82.2 cm³/mol.